The molecule has 1 saturated heterocycles. The molecule has 0 bridgehead atoms. The van der Waals surface area contributed by atoms with E-state index >= 15 is 0 Å². The first-order valence-electron chi connectivity index (χ1n) is 10.9. The highest BCUT2D eigenvalue weighted by Crippen LogP contribution is 2.36. The number of nitrogens with one attached hydrogen (secondary N) is 1. The number of nitrogens with zero attached hydrogens (tertiary/aromatic N) is 2. The second-order valence-corrected chi connectivity index (χ2v) is 8.71. The number of carbonyl (C=O) groups is 2. The second kappa shape index (κ2) is 10.7. The molecule has 2 heterocycles. The van der Waals surface area contributed by atoms with Crippen molar-refractivity contribution < 1.29 is 23.5 Å². The Labute approximate surface area is 201 Å². The number of rotatable bonds is 7. The molecule has 7 nitrogen and oxygen atoms in total. The summed E-state index contributed by atoms with van der Waals surface area (Å²) in [5, 5.41) is 5.05. The minimum Gasteiger partial charge on any atom is -0.495 e. The Morgan fingerprint density at radius 1 is 1.03 bits per heavy atom. The summed E-state index contributed by atoms with van der Waals surface area (Å²) in [6.07, 6.45) is 0. The van der Waals surface area contributed by atoms with Gasteiger partial charge in [0.2, 0.25) is 5.91 Å². The van der Waals surface area contributed by atoms with Gasteiger partial charge in [-0.1, -0.05) is 24.3 Å². The Hall–Kier alpha value is -3.43. The normalized spacial score (nSPS) is 14.0. The van der Waals surface area contributed by atoms with Gasteiger partial charge in [0.1, 0.15) is 22.1 Å². The molecule has 0 spiro atoms. The topological polar surface area (TPSA) is 71.1 Å². The minimum atomic E-state index is -0.554. The highest BCUT2D eigenvalue weighted by Gasteiger charge is 2.25. The second-order valence-electron chi connectivity index (χ2n) is 7.84. The maximum Gasteiger partial charge on any atom is 0.341 e. The molecule has 0 radical (unpaired) electrons. The average molecular weight is 484 g/mol. The summed E-state index contributed by atoms with van der Waals surface area (Å²) in [4.78, 5) is 29.6. The van der Waals surface area contributed by atoms with E-state index in [-0.39, 0.29) is 23.8 Å². The SMILES string of the molecule is COC(=O)c1c(-c2ccc(F)cc2)csc1NC(=O)CN1CCN(c2ccccc2OC)CC1. The zero-order valence-electron chi connectivity index (χ0n) is 19.0. The maximum atomic E-state index is 13.3. The van der Waals surface area contributed by atoms with Crippen LogP contribution in [0.2, 0.25) is 0 Å². The Morgan fingerprint density at radius 3 is 2.41 bits per heavy atom. The van der Waals surface area contributed by atoms with Crippen molar-refractivity contribution in [3.8, 4) is 16.9 Å². The van der Waals surface area contributed by atoms with Crippen molar-refractivity contribution in [2.75, 3.05) is 57.2 Å². The molecule has 178 valence electrons. The molecule has 2 aromatic carbocycles. The molecular formula is C25H26FN3O4S. The monoisotopic (exact) mass is 483 g/mol. The number of amides is 1. The summed E-state index contributed by atoms with van der Waals surface area (Å²) in [7, 11) is 2.95. The predicted octanol–water partition coefficient (Wildman–Crippen LogP) is 4.11. The number of methoxy groups -OCH3 is 2. The molecular weight excluding hydrogens is 457 g/mol. The summed E-state index contributed by atoms with van der Waals surface area (Å²) in [5.74, 6) is -0.290. The molecule has 0 unspecified atom stereocenters. The van der Waals surface area contributed by atoms with E-state index in [0.29, 0.717) is 16.1 Å². The van der Waals surface area contributed by atoms with Crippen LogP contribution in [0, 0.1) is 5.82 Å². The summed E-state index contributed by atoms with van der Waals surface area (Å²) in [6.45, 7) is 3.20. The van der Waals surface area contributed by atoms with Crippen molar-refractivity contribution in [3.63, 3.8) is 0 Å². The van der Waals surface area contributed by atoms with Gasteiger partial charge in [0.15, 0.2) is 0 Å². The molecule has 1 aliphatic rings. The van der Waals surface area contributed by atoms with E-state index in [1.54, 1.807) is 24.6 Å². The van der Waals surface area contributed by atoms with Crippen molar-refractivity contribution in [2.24, 2.45) is 0 Å². The van der Waals surface area contributed by atoms with Crippen LogP contribution in [0.4, 0.5) is 15.1 Å². The molecule has 4 rings (SSSR count). The molecule has 1 amide bonds. The lowest BCUT2D eigenvalue weighted by Gasteiger charge is -2.36. The number of esters is 1. The molecule has 1 N–H and O–H groups in total. The number of anilines is 2. The highest BCUT2D eigenvalue weighted by molar-refractivity contribution is 7.15. The van der Waals surface area contributed by atoms with Gasteiger partial charge in [-0.05, 0) is 29.8 Å². The van der Waals surface area contributed by atoms with Crippen molar-refractivity contribution in [2.45, 2.75) is 0 Å². The van der Waals surface area contributed by atoms with E-state index in [1.807, 2.05) is 24.3 Å². The van der Waals surface area contributed by atoms with E-state index in [9.17, 15) is 14.0 Å². The largest absolute Gasteiger partial charge is 0.495 e. The van der Waals surface area contributed by atoms with Crippen molar-refractivity contribution in [3.05, 3.63) is 65.3 Å². The molecule has 1 aliphatic heterocycles. The summed E-state index contributed by atoms with van der Waals surface area (Å²) in [5.41, 5.74) is 2.58. The fraction of sp³-hybridized carbons (Fsp3) is 0.280. The lowest BCUT2D eigenvalue weighted by molar-refractivity contribution is -0.117. The minimum absolute atomic E-state index is 0.205. The van der Waals surface area contributed by atoms with Gasteiger partial charge in [0, 0.05) is 37.1 Å². The fourth-order valence-electron chi connectivity index (χ4n) is 4.00. The van der Waals surface area contributed by atoms with Crippen LogP contribution in [0.3, 0.4) is 0 Å². The van der Waals surface area contributed by atoms with Crippen LogP contribution in [0.25, 0.3) is 11.1 Å². The number of halogens is 1. The van der Waals surface area contributed by atoms with Crippen LogP contribution in [-0.2, 0) is 9.53 Å². The first kappa shape index (κ1) is 23.7. The lowest BCUT2D eigenvalue weighted by atomic mass is 10.0. The van der Waals surface area contributed by atoms with Gasteiger partial charge in [-0.3, -0.25) is 9.69 Å². The van der Waals surface area contributed by atoms with E-state index in [0.717, 1.165) is 37.6 Å². The van der Waals surface area contributed by atoms with Gasteiger partial charge < -0.3 is 19.7 Å². The molecule has 0 saturated carbocycles. The standard InChI is InChI=1S/C25H26FN3O4S/c1-32-21-6-4-3-5-20(21)29-13-11-28(12-14-29)15-22(30)27-24-23(25(31)33-2)19(16-34-24)17-7-9-18(26)10-8-17/h3-10,16H,11-15H2,1-2H3,(H,27,30). The first-order chi connectivity index (χ1) is 16.5. The number of para-hydroxylation sites is 2. The van der Waals surface area contributed by atoms with Crippen molar-refractivity contribution >= 4 is 33.9 Å². The third-order valence-corrected chi connectivity index (χ3v) is 6.65. The maximum absolute atomic E-state index is 13.3. The smallest absolute Gasteiger partial charge is 0.341 e. The van der Waals surface area contributed by atoms with Crippen LogP contribution < -0.4 is 15.0 Å². The van der Waals surface area contributed by atoms with Gasteiger partial charge >= 0.3 is 5.97 Å². The third kappa shape index (κ3) is 5.21. The Morgan fingerprint density at radius 2 is 1.74 bits per heavy atom. The Bertz CT molecular complexity index is 1160. The number of thiophene rings is 1. The molecule has 34 heavy (non-hydrogen) atoms. The van der Waals surface area contributed by atoms with Crippen molar-refractivity contribution in [1.29, 1.82) is 0 Å². The summed E-state index contributed by atoms with van der Waals surface area (Å²) >= 11 is 1.24. The van der Waals surface area contributed by atoms with Crippen LogP contribution in [0.5, 0.6) is 5.75 Å². The zero-order valence-corrected chi connectivity index (χ0v) is 19.9. The summed E-state index contributed by atoms with van der Waals surface area (Å²) in [6, 6.07) is 13.7. The highest BCUT2D eigenvalue weighted by atomic mass is 32.1. The number of carbonyl (C=O) groups excluding carboxylic acids is 2. The lowest BCUT2D eigenvalue weighted by Crippen LogP contribution is -2.48. The zero-order chi connectivity index (χ0) is 24.1. The first-order valence-corrected chi connectivity index (χ1v) is 11.7. The molecule has 0 atom stereocenters. The predicted molar refractivity (Wildman–Crippen MR) is 131 cm³/mol. The van der Waals surface area contributed by atoms with Crippen LogP contribution in [0.15, 0.2) is 53.9 Å². The van der Waals surface area contributed by atoms with Crippen LogP contribution in [0.1, 0.15) is 10.4 Å². The fourth-order valence-corrected chi connectivity index (χ4v) is 4.98. The van der Waals surface area contributed by atoms with Crippen molar-refractivity contribution in [1.82, 2.24) is 4.90 Å². The summed E-state index contributed by atoms with van der Waals surface area (Å²) < 4.78 is 23.7. The number of benzene rings is 2. The average Bonchev–Trinajstić information content (AvgIpc) is 3.27. The van der Waals surface area contributed by atoms with Gasteiger partial charge in [0.25, 0.3) is 0 Å². The third-order valence-electron chi connectivity index (χ3n) is 5.75. The van der Waals surface area contributed by atoms with Crippen LogP contribution >= 0.6 is 11.3 Å². The van der Waals surface area contributed by atoms with Gasteiger partial charge in [-0.15, -0.1) is 11.3 Å². The van der Waals surface area contributed by atoms with E-state index in [2.05, 4.69) is 15.1 Å². The van der Waals surface area contributed by atoms with E-state index in [1.165, 1.54) is 30.6 Å². The quantitative estimate of drug-likeness (QED) is 0.510. The van der Waals surface area contributed by atoms with Gasteiger partial charge in [-0.25, -0.2) is 9.18 Å². The number of piperazine rings is 1. The molecule has 3 aromatic rings. The van der Waals surface area contributed by atoms with Gasteiger partial charge in [-0.2, -0.15) is 0 Å². The number of hydrogen-bond acceptors (Lipinski definition) is 7. The number of hydrogen-bond donors (Lipinski definition) is 1. The number of ether oxygens (including phenoxy) is 2. The molecule has 1 fully saturated rings. The van der Waals surface area contributed by atoms with Crippen LogP contribution in [-0.4, -0.2) is 63.7 Å². The Kier molecular flexibility index (Phi) is 7.44. The Balaban J connectivity index is 1.41. The van der Waals surface area contributed by atoms with Gasteiger partial charge in [0.05, 0.1) is 26.5 Å². The van der Waals surface area contributed by atoms with E-state index < -0.39 is 5.97 Å². The molecule has 0 aliphatic carbocycles. The molecule has 9 heteroatoms. The molecule has 1 aromatic heterocycles. The van der Waals surface area contributed by atoms with E-state index in [4.69, 9.17) is 9.47 Å².